The Labute approximate surface area is 195 Å². The Morgan fingerprint density at radius 3 is 2.24 bits per heavy atom. The lowest BCUT2D eigenvalue weighted by molar-refractivity contribution is -0.141. The second-order valence-electron chi connectivity index (χ2n) is 9.00. The average molecular weight is 451 g/mol. The molecule has 3 N–H and O–H groups in total. The van der Waals surface area contributed by atoms with Crippen molar-refractivity contribution in [3.63, 3.8) is 0 Å². The highest BCUT2D eigenvalue weighted by molar-refractivity contribution is 5.85. The van der Waals surface area contributed by atoms with Gasteiger partial charge in [-0.25, -0.2) is 4.79 Å². The van der Waals surface area contributed by atoms with E-state index in [1.165, 1.54) is 18.5 Å². The number of carboxylic acids is 1. The van der Waals surface area contributed by atoms with E-state index in [0.717, 1.165) is 50.4 Å². The van der Waals surface area contributed by atoms with Gasteiger partial charge in [0, 0.05) is 44.3 Å². The molecule has 0 bridgehead atoms. The molecule has 0 radical (unpaired) electrons. The Hall–Kier alpha value is -2.90. The number of amides is 1. The predicted molar refractivity (Wildman–Crippen MR) is 130 cm³/mol. The molecule has 0 spiro atoms. The summed E-state index contributed by atoms with van der Waals surface area (Å²) in [5.41, 5.74) is 2.94. The van der Waals surface area contributed by atoms with Gasteiger partial charge < -0.3 is 20.6 Å². The molecule has 0 aliphatic carbocycles. The molecule has 2 aromatic rings. The maximum Gasteiger partial charge on any atom is 0.326 e. The standard InChI is InChI=1S/C26H34N4O3/c31-25(28-24(26(32)33)18-20-4-2-1-3-5-20)19-21-6-8-22(9-7-21)29-14-16-30(17-15-29)23-10-12-27-13-11-23/h1-9,23-24,27H,10-19H2,(H,28,31)(H,32,33)/t24-/m0/s1. The zero-order valence-electron chi connectivity index (χ0n) is 19.1. The number of nitrogens with one attached hydrogen (secondary N) is 2. The van der Waals surface area contributed by atoms with Crippen molar-refractivity contribution in [2.24, 2.45) is 0 Å². The maximum absolute atomic E-state index is 12.5. The first-order valence-corrected chi connectivity index (χ1v) is 11.9. The second kappa shape index (κ2) is 11.3. The van der Waals surface area contributed by atoms with Crippen LogP contribution in [0.4, 0.5) is 5.69 Å². The van der Waals surface area contributed by atoms with Crippen molar-refractivity contribution in [3.8, 4) is 0 Å². The average Bonchev–Trinajstić information content (AvgIpc) is 2.85. The number of hydrogen-bond acceptors (Lipinski definition) is 5. The van der Waals surface area contributed by atoms with Gasteiger partial charge in [-0.15, -0.1) is 0 Å². The van der Waals surface area contributed by atoms with E-state index in [9.17, 15) is 14.7 Å². The molecule has 176 valence electrons. The summed E-state index contributed by atoms with van der Waals surface area (Å²) in [4.78, 5) is 29.1. The summed E-state index contributed by atoms with van der Waals surface area (Å²) >= 11 is 0. The smallest absolute Gasteiger partial charge is 0.326 e. The lowest BCUT2D eigenvalue weighted by Gasteiger charge is -2.41. The molecular weight excluding hydrogens is 416 g/mol. The Morgan fingerprint density at radius 2 is 1.61 bits per heavy atom. The molecule has 2 heterocycles. The zero-order chi connectivity index (χ0) is 23.0. The van der Waals surface area contributed by atoms with Crippen LogP contribution in [0.3, 0.4) is 0 Å². The van der Waals surface area contributed by atoms with Crippen LogP contribution in [0.25, 0.3) is 0 Å². The predicted octanol–water partition coefficient (Wildman–Crippen LogP) is 1.92. The summed E-state index contributed by atoms with van der Waals surface area (Å²) in [6.07, 6.45) is 2.92. The van der Waals surface area contributed by atoms with Crippen molar-refractivity contribution in [2.75, 3.05) is 44.2 Å². The third kappa shape index (κ3) is 6.55. The van der Waals surface area contributed by atoms with Crippen molar-refractivity contribution in [1.82, 2.24) is 15.5 Å². The van der Waals surface area contributed by atoms with Gasteiger partial charge in [0.1, 0.15) is 6.04 Å². The minimum Gasteiger partial charge on any atom is -0.480 e. The Morgan fingerprint density at radius 1 is 0.939 bits per heavy atom. The number of carbonyl (C=O) groups excluding carboxylic acids is 1. The number of hydrogen-bond donors (Lipinski definition) is 3. The molecule has 2 fully saturated rings. The van der Waals surface area contributed by atoms with Crippen LogP contribution in [0.1, 0.15) is 24.0 Å². The van der Waals surface area contributed by atoms with Gasteiger partial charge in [-0.1, -0.05) is 42.5 Å². The van der Waals surface area contributed by atoms with Gasteiger partial charge in [-0.3, -0.25) is 9.69 Å². The van der Waals surface area contributed by atoms with Crippen LogP contribution in [0.5, 0.6) is 0 Å². The number of aliphatic carboxylic acids is 1. The maximum atomic E-state index is 12.5. The molecule has 2 aliphatic rings. The molecule has 0 saturated carbocycles. The number of rotatable bonds is 8. The number of carboxylic acid groups (broad SMARTS) is 1. The summed E-state index contributed by atoms with van der Waals surface area (Å²) < 4.78 is 0. The van der Waals surface area contributed by atoms with Crippen LogP contribution >= 0.6 is 0 Å². The topological polar surface area (TPSA) is 84.9 Å². The van der Waals surface area contributed by atoms with Crippen molar-refractivity contribution >= 4 is 17.6 Å². The number of nitrogens with zero attached hydrogens (tertiary/aromatic N) is 2. The van der Waals surface area contributed by atoms with Crippen LogP contribution in [0.2, 0.25) is 0 Å². The first kappa shape index (κ1) is 23.3. The van der Waals surface area contributed by atoms with E-state index >= 15 is 0 Å². The fourth-order valence-corrected chi connectivity index (χ4v) is 4.82. The van der Waals surface area contributed by atoms with E-state index in [1.807, 2.05) is 42.5 Å². The third-order valence-electron chi connectivity index (χ3n) is 6.72. The fourth-order valence-electron chi connectivity index (χ4n) is 4.82. The first-order chi connectivity index (χ1) is 16.1. The van der Waals surface area contributed by atoms with Crippen molar-refractivity contribution in [2.45, 2.75) is 37.8 Å². The molecule has 33 heavy (non-hydrogen) atoms. The van der Waals surface area contributed by atoms with Gasteiger partial charge in [0.05, 0.1) is 6.42 Å². The van der Waals surface area contributed by atoms with Crippen LogP contribution in [-0.4, -0.2) is 73.2 Å². The van der Waals surface area contributed by atoms with Crippen LogP contribution < -0.4 is 15.5 Å². The second-order valence-corrected chi connectivity index (χ2v) is 9.00. The fraction of sp³-hybridized carbons (Fsp3) is 0.462. The van der Waals surface area contributed by atoms with Crippen LogP contribution in [0.15, 0.2) is 54.6 Å². The minimum absolute atomic E-state index is 0.169. The molecule has 7 nitrogen and oxygen atoms in total. The van der Waals surface area contributed by atoms with E-state index in [-0.39, 0.29) is 18.7 Å². The lowest BCUT2D eigenvalue weighted by Crippen LogP contribution is -2.52. The molecule has 4 rings (SSSR count). The number of benzene rings is 2. The van der Waals surface area contributed by atoms with Gasteiger partial charge in [-0.05, 0) is 49.2 Å². The number of piperidine rings is 1. The van der Waals surface area contributed by atoms with E-state index in [1.54, 1.807) is 0 Å². The number of piperazine rings is 1. The van der Waals surface area contributed by atoms with Crippen molar-refractivity contribution < 1.29 is 14.7 Å². The molecular formula is C26H34N4O3. The molecule has 0 unspecified atom stereocenters. The van der Waals surface area contributed by atoms with Gasteiger partial charge in [-0.2, -0.15) is 0 Å². The molecule has 1 atom stereocenters. The lowest BCUT2D eigenvalue weighted by atomic mass is 10.0. The van der Waals surface area contributed by atoms with Gasteiger partial charge >= 0.3 is 5.97 Å². The van der Waals surface area contributed by atoms with E-state index < -0.39 is 12.0 Å². The van der Waals surface area contributed by atoms with Gasteiger partial charge in [0.2, 0.25) is 5.91 Å². The Bertz CT molecular complexity index is 905. The summed E-state index contributed by atoms with van der Waals surface area (Å²) in [6, 6.07) is 17.2. The molecule has 2 saturated heterocycles. The first-order valence-electron chi connectivity index (χ1n) is 11.9. The summed E-state index contributed by atoms with van der Waals surface area (Å²) in [5.74, 6) is -1.30. The normalized spacial score (nSPS) is 18.6. The van der Waals surface area contributed by atoms with Crippen molar-refractivity contribution in [1.29, 1.82) is 0 Å². The number of carbonyl (C=O) groups is 2. The summed E-state index contributed by atoms with van der Waals surface area (Å²) in [5, 5.41) is 15.6. The van der Waals surface area contributed by atoms with E-state index in [0.29, 0.717) is 6.04 Å². The van der Waals surface area contributed by atoms with Crippen LogP contribution in [0, 0.1) is 0 Å². The highest BCUT2D eigenvalue weighted by Gasteiger charge is 2.25. The summed E-state index contributed by atoms with van der Waals surface area (Å²) in [7, 11) is 0. The van der Waals surface area contributed by atoms with Gasteiger partial charge in [0.15, 0.2) is 0 Å². The summed E-state index contributed by atoms with van der Waals surface area (Å²) in [6.45, 7) is 6.46. The third-order valence-corrected chi connectivity index (χ3v) is 6.72. The monoisotopic (exact) mass is 450 g/mol. The SMILES string of the molecule is O=C(Cc1ccc(N2CCN(C3CCNCC3)CC2)cc1)N[C@@H](Cc1ccccc1)C(=O)O. The highest BCUT2D eigenvalue weighted by Crippen LogP contribution is 2.20. The van der Waals surface area contributed by atoms with E-state index in [4.69, 9.17) is 0 Å². The molecule has 2 aromatic carbocycles. The van der Waals surface area contributed by atoms with Crippen molar-refractivity contribution in [3.05, 3.63) is 65.7 Å². The highest BCUT2D eigenvalue weighted by atomic mass is 16.4. The molecule has 0 aromatic heterocycles. The molecule has 1 amide bonds. The Balaban J connectivity index is 1.26. The number of anilines is 1. The minimum atomic E-state index is -1.02. The van der Waals surface area contributed by atoms with Crippen LogP contribution in [-0.2, 0) is 22.4 Å². The largest absolute Gasteiger partial charge is 0.480 e. The zero-order valence-corrected chi connectivity index (χ0v) is 19.1. The quantitative estimate of drug-likeness (QED) is 0.570. The molecule has 7 heteroatoms. The molecule has 2 aliphatic heterocycles. The Kier molecular flexibility index (Phi) is 7.96. The van der Waals surface area contributed by atoms with Gasteiger partial charge in [0.25, 0.3) is 0 Å². The van der Waals surface area contributed by atoms with E-state index in [2.05, 4.69) is 32.6 Å².